The van der Waals surface area contributed by atoms with Crippen LogP contribution < -0.4 is 0 Å². The topological polar surface area (TPSA) is 29.4 Å². The first-order valence-corrected chi connectivity index (χ1v) is 13.1. The van der Waals surface area contributed by atoms with Crippen molar-refractivity contribution >= 4 is 17.1 Å². The van der Waals surface area contributed by atoms with E-state index in [0.717, 1.165) is 35.3 Å². The molecule has 0 aliphatic heterocycles. The van der Waals surface area contributed by atoms with Crippen molar-refractivity contribution in [2.24, 2.45) is 4.99 Å². The van der Waals surface area contributed by atoms with Crippen LogP contribution >= 0.6 is 0 Å². The molecule has 0 aromatic heterocycles. The Labute approximate surface area is 220 Å². The quantitative estimate of drug-likeness (QED) is 0.242. The molecule has 5 rings (SSSR count). The van der Waals surface area contributed by atoms with E-state index < -0.39 is 0 Å². The van der Waals surface area contributed by atoms with Gasteiger partial charge in [0.05, 0.1) is 6.54 Å². The molecule has 0 saturated carbocycles. The monoisotopic (exact) mass is 483 g/mol. The maximum absolute atomic E-state index is 11.6. The van der Waals surface area contributed by atoms with Gasteiger partial charge in [0, 0.05) is 11.6 Å². The number of nitrogens with zero attached hydrogens (tertiary/aromatic N) is 1. The highest BCUT2D eigenvalue weighted by Gasteiger charge is 2.31. The van der Waals surface area contributed by atoms with E-state index in [1.165, 1.54) is 39.0 Å². The minimum atomic E-state index is 0.0811. The summed E-state index contributed by atoms with van der Waals surface area (Å²) >= 11 is 0. The number of ketones is 1. The Morgan fingerprint density at radius 1 is 0.946 bits per heavy atom. The molecule has 0 amide bonds. The number of hydrogen-bond acceptors (Lipinski definition) is 2. The van der Waals surface area contributed by atoms with Crippen molar-refractivity contribution in [1.82, 2.24) is 0 Å². The lowest BCUT2D eigenvalue weighted by Crippen LogP contribution is -2.05. The van der Waals surface area contributed by atoms with Crippen LogP contribution in [-0.2, 0) is 4.79 Å². The van der Waals surface area contributed by atoms with Gasteiger partial charge in [0.1, 0.15) is 0 Å². The summed E-state index contributed by atoms with van der Waals surface area (Å²) in [7, 11) is 0. The molecule has 2 aliphatic carbocycles. The molecule has 1 unspecified atom stereocenters. The van der Waals surface area contributed by atoms with E-state index in [0.29, 0.717) is 0 Å². The fourth-order valence-corrected chi connectivity index (χ4v) is 5.50. The molecular formula is C35H33NO. The van der Waals surface area contributed by atoms with Gasteiger partial charge in [-0.1, -0.05) is 92.4 Å². The van der Waals surface area contributed by atoms with Gasteiger partial charge in [0.15, 0.2) is 5.78 Å². The van der Waals surface area contributed by atoms with Crippen molar-refractivity contribution in [3.8, 4) is 11.1 Å². The summed E-state index contributed by atoms with van der Waals surface area (Å²) in [4.78, 5) is 16.2. The molecule has 0 spiro atoms. The number of allylic oxidation sites excluding steroid dienone is 7. The van der Waals surface area contributed by atoms with Crippen molar-refractivity contribution in [1.29, 1.82) is 0 Å². The zero-order valence-corrected chi connectivity index (χ0v) is 21.9. The molecule has 2 aliphatic rings. The fraction of sp³-hybridized carbons (Fsp3) is 0.200. The predicted molar refractivity (Wildman–Crippen MR) is 156 cm³/mol. The van der Waals surface area contributed by atoms with Crippen LogP contribution in [0.25, 0.3) is 16.7 Å². The Hall–Kier alpha value is -4.04. The van der Waals surface area contributed by atoms with Crippen LogP contribution in [0.15, 0.2) is 114 Å². The molecule has 1 atom stereocenters. The van der Waals surface area contributed by atoms with E-state index in [-0.39, 0.29) is 18.2 Å². The second-order valence-electron chi connectivity index (χ2n) is 9.90. The second-order valence-corrected chi connectivity index (χ2v) is 9.90. The highest BCUT2D eigenvalue weighted by atomic mass is 16.1. The summed E-state index contributed by atoms with van der Waals surface area (Å²) in [6.45, 7) is 10.6. The molecule has 0 fully saturated rings. The van der Waals surface area contributed by atoms with E-state index in [1.54, 1.807) is 6.92 Å². The molecule has 0 N–H and O–H groups in total. The van der Waals surface area contributed by atoms with Crippen LogP contribution in [-0.4, -0.2) is 18.0 Å². The van der Waals surface area contributed by atoms with Gasteiger partial charge >= 0.3 is 0 Å². The maximum atomic E-state index is 11.6. The third kappa shape index (κ3) is 4.84. The summed E-state index contributed by atoms with van der Waals surface area (Å²) in [5, 5.41) is 0. The molecule has 0 heterocycles. The summed E-state index contributed by atoms with van der Waals surface area (Å²) in [5.41, 5.74) is 13.2. The van der Waals surface area contributed by atoms with Crippen molar-refractivity contribution in [3.05, 3.63) is 137 Å². The fourth-order valence-electron chi connectivity index (χ4n) is 5.50. The van der Waals surface area contributed by atoms with Gasteiger partial charge in [-0.3, -0.25) is 9.79 Å². The summed E-state index contributed by atoms with van der Waals surface area (Å²) in [5.74, 6) is 0.268. The molecule has 0 saturated heterocycles. The lowest BCUT2D eigenvalue weighted by atomic mass is 9.87. The normalized spacial score (nSPS) is 16.4. The first kappa shape index (κ1) is 24.6. The Balaban J connectivity index is 1.65. The van der Waals surface area contributed by atoms with Gasteiger partial charge in [-0.15, -0.1) is 0 Å². The average Bonchev–Trinajstić information content (AvgIpc) is 3.07. The van der Waals surface area contributed by atoms with E-state index in [9.17, 15) is 4.79 Å². The van der Waals surface area contributed by atoms with E-state index in [4.69, 9.17) is 0 Å². The van der Waals surface area contributed by atoms with E-state index >= 15 is 0 Å². The van der Waals surface area contributed by atoms with Crippen LogP contribution in [0.5, 0.6) is 0 Å². The zero-order chi connectivity index (χ0) is 25.9. The van der Waals surface area contributed by atoms with E-state index in [1.807, 2.05) is 0 Å². The molecule has 37 heavy (non-hydrogen) atoms. The minimum Gasteiger partial charge on any atom is -0.298 e. The zero-order valence-electron chi connectivity index (χ0n) is 21.9. The van der Waals surface area contributed by atoms with Crippen LogP contribution in [0.3, 0.4) is 0 Å². The Bertz CT molecular complexity index is 1500. The number of fused-ring (bicyclic) bond motifs is 3. The Kier molecular flexibility index (Phi) is 7.01. The van der Waals surface area contributed by atoms with Crippen molar-refractivity contribution in [2.75, 3.05) is 6.54 Å². The average molecular weight is 484 g/mol. The Morgan fingerprint density at radius 2 is 1.62 bits per heavy atom. The summed E-state index contributed by atoms with van der Waals surface area (Å²) < 4.78 is 0. The number of rotatable bonds is 7. The number of Topliss-reactive ketones (excluding diaryl/α,β-unsaturated/α-hetero) is 1. The van der Waals surface area contributed by atoms with Crippen LogP contribution in [0.2, 0.25) is 0 Å². The molecule has 184 valence electrons. The van der Waals surface area contributed by atoms with Gasteiger partial charge in [-0.2, -0.15) is 0 Å². The Morgan fingerprint density at radius 3 is 2.30 bits per heavy atom. The van der Waals surface area contributed by atoms with Gasteiger partial charge in [-0.05, 0) is 94.5 Å². The smallest absolute Gasteiger partial charge is 0.151 e. The largest absolute Gasteiger partial charge is 0.298 e. The molecule has 0 radical (unpaired) electrons. The predicted octanol–water partition coefficient (Wildman–Crippen LogP) is 8.48. The number of carbonyl (C=O) groups is 1. The SMILES string of the molecule is C=C(C1=C(C)C=CC=CC1)c1ccc2c(c1)-c1cc(C(CC)=NCC(C)=O)ccc1C2c1ccccc1. The van der Waals surface area contributed by atoms with Crippen LogP contribution in [0, 0.1) is 0 Å². The summed E-state index contributed by atoms with van der Waals surface area (Å²) in [6, 6.07) is 24.3. The summed E-state index contributed by atoms with van der Waals surface area (Å²) in [6.07, 6.45) is 10.2. The lowest BCUT2D eigenvalue weighted by molar-refractivity contribution is -0.115. The lowest BCUT2D eigenvalue weighted by Gasteiger charge is -2.16. The molecule has 0 bridgehead atoms. The maximum Gasteiger partial charge on any atom is 0.151 e. The van der Waals surface area contributed by atoms with E-state index in [2.05, 4.69) is 116 Å². The van der Waals surface area contributed by atoms with Gasteiger partial charge < -0.3 is 0 Å². The number of hydrogen-bond donors (Lipinski definition) is 0. The standard InChI is InChI=1S/C35H33NO/c1-5-34(36-22-24(3)37)28-17-19-31-33(21-28)32-20-27(25(4)29-15-11-6-8-12-23(29)2)16-18-30(32)35(31)26-13-9-7-10-14-26/h6-14,16-21,35H,4-5,15,22H2,1-3H3. The molecule has 3 aromatic rings. The number of carbonyl (C=O) groups excluding carboxylic acids is 1. The van der Waals surface area contributed by atoms with Crippen LogP contribution in [0.1, 0.15) is 67.3 Å². The number of benzene rings is 3. The molecule has 2 nitrogen and oxygen atoms in total. The van der Waals surface area contributed by atoms with Gasteiger partial charge in [0.25, 0.3) is 0 Å². The number of aliphatic imine (C=N–C) groups is 1. The molecule has 2 heteroatoms. The van der Waals surface area contributed by atoms with Gasteiger partial charge in [-0.25, -0.2) is 0 Å². The molecular weight excluding hydrogens is 450 g/mol. The third-order valence-corrected chi connectivity index (χ3v) is 7.42. The highest BCUT2D eigenvalue weighted by Crippen LogP contribution is 2.49. The van der Waals surface area contributed by atoms with Crippen LogP contribution in [0.4, 0.5) is 0 Å². The minimum absolute atomic E-state index is 0.0811. The highest BCUT2D eigenvalue weighted by molar-refractivity contribution is 6.03. The third-order valence-electron chi connectivity index (χ3n) is 7.42. The first-order chi connectivity index (χ1) is 18.0. The van der Waals surface area contributed by atoms with Crippen molar-refractivity contribution in [2.45, 2.75) is 39.5 Å². The van der Waals surface area contributed by atoms with Crippen molar-refractivity contribution < 1.29 is 4.79 Å². The first-order valence-electron chi connectivity index (χ1n) is 13.1. The second kappa shape index (κ2) is 10.5. The molecule has 3 aromatic carbocycles. The van der Waals surface area contributed by atoms with Crippen molar-refractivity contribution in [3.63, 3.8) is 0 Å². The van der Waals surface area contributed by atoms with Gasteiger partial charge in [0.2, 0.25) is 0 Å².